The third-order valence-electron chi connectivity index (χ3n) is 7.61. The van der Waals surface area contributed by atoms with Crippen LogP contribution < -0.4 is 11.1 Å². The summed E-state index contributed by atoms with van der Waals surface area (Å²) in [5.41, 5.74) is 4.09. The Labute approximate surface area is 236 Å². The summed E-state index contributed by atoms with van der Waals surface area (Å²) in [4.78, 5) is 38.4. The van der Waals surface area contributed by atoms with Gasteiger partial charge in [0.05, 0.1) is 6.61 Å². The summed E-state index contributed by atoms with van der Waals surface area (Å²) in [7, 11) is 0. The Morgan fingerprint density at radius 1 is 0.921 bits per heavy atom. The van der Waals surface area contributed by atoms with E-state index >= 15 is 0 Å². The van der Waals surface area contributed by atoms with Crippen LogP contribution in [-0.4, -0.2) is 39.5 Å². The van der Waals surface area contributed by atoms with E-state index in [0.29, 0.717) is 12.0 Å². The van der Waals surface area contributed by atoms with Gasteiger partial charge in [0, 0.05) is 5.92 Å². The Morgan fingerprint density at radius 3 is 1.87 bits per heavy atom. The second-order valence-corrected chi connectivity index (χ2v) is 12.0. The normalized spacial score (nSPS) is 25.1. The number of carbonyl (C=O) groups excluding carboxylic acids is 3. The minimum Gasteiger partial charge on any atom is -0.464 e. The van der Waals surface area contributed by atoms with Gasteiger partial charge >= 0.3 is 5.97 Å². The monoisotopic (exact) mass is 594 g/mol. The number of amides is 2. The fourth-order valence-electron chi connectivity index (χ4n) is 5.36. The van der Waals surface area contributed by atoms with Gasteiger partial charge in [-0.1, -0.05) is 137 Å². The molecular formula is C30H47BrN2O5. The molecule has 38 heavy (non-hydrogen) atoms. The highest BCUT2D eigenvalue weighted by Gasteiger charge is 2.66. The van der Waals surface area contributed by atoms with Gasteiger partial charge in [0.25, 0.3) is 0 Å². The van der Waals surface area contributed by atoms with Crippen LogP contribution in [0.3, 0.4) is 0 Å². The zero-order valence-corrected chi connectivity index (χ0v) is 24.8. The minimum absolute atomic E-state index is 0.191. The highest BCUT2D eigenvalue weighted by atomic mass is 79.9. The highest BCUT2D eigenvalue weighted by molar-refractivity contribution is 9.10. The third-order valence-corrected chi connectivity index (χ3v) is 9.20. The van der Waals surface area contributed by atoms with E-state index in [-0.39, 0.29) is 6.61 Å². The molecule has 8 heteroatoms. The molecule has 1 saturated heterocycles. The molecule has 1 aliphatic rings. The maximum absolute atomic E-state index is 13.4. The maximum atomic E-state index is 13.4. The van der Waals surface area contributed by atoms with Crippen LogP contribution in [0.2, 0.25) is 0 Å². The van der Waals surface area contributed by atoms with Gasteiger partial charge in [-0.2, -0.15) is 0 Å². The first-order chi connectivity index (χ1) is 18.2. The standard InChI is InChI=1S/C30H47BrN2O5/c1-3-4-5-6-7-8-9-10-11-12-13-14-15-19-22-38-28(36)30(31)25(23-20-17-16-18-21-23)24(26(32)34)27(35)33-29(30,2)37/h16-18,20-21,24-25,37H,3-15,19,22H2,1-2H3,(H2,32,34)(H,33,35)/t24-,25+,29+,30-/m1/s1. The molecule has 0 aliphatic carbocycles. The van der Waals surface area contributed by atoms with E-state index in [0.717, 1.165) is 12.8 Å². The van der Waals surface area contributed by atoms with Gasteiger partial charge in [-0.25, -0.2) is 0 Å². The van der Waals surface area contributed by atoms with Crippen molar-refractivity contribution >= 4 is 33.7 Å². The summed E-state index contributed by atoms with van der Waals surface area (Å²) >= 11 is 3.42. The summed E-state index contributed by atoms with van der Waals surface area (Å²) in [5, 5.41) is 13.5. The Hall–Kier alpha value is -1.93. The number of carbonyl (C=O) groups is 3. The lowest BCUT2D eigenvalue weighted by Gasteiger charge is -2.50. The summed E-state index contributed by atoms with van der Waals surface area (Å²) in [6.07, 6.45) is 17.2. The number of unbranched alkanes of at least 4 members (excludes halogenated alkanes) is 13. The zero-order valence-electron chi connectivity index (χ0n) is 23.2. The average Bonchev–Trinajstić information content (AvgIpc) is 2.88. The zero-order chi connectivity index (χ0) is 28.0. The van der Waals surface area contributed by atoms with Crippen LogP contribution in [0.1, 0.15) is 115 Å². The Morgan fingerprint density at radius 2 is 1.39 bits per heavy atom. The molecule has 4 N–H and O–H groups in total. The summed E-state index contributed by atoms with van der Waals surface area (Å²) in [6.45, 7) is 3.76. The Balaban J connectivity index is 1.80. The molecule has 1 aromatic rings. The number of hydrogen-bond acceptors (Lipinski definition) is 5. The Bertz CT molecular complexity index is 879. The molecule has 2 rings (SSSR count). The number of primary amides is 1. The van der Waals surface area contributed by atoms with Crippen molar-refractivity contribution in [2.75, 3.05) is 6.61 Å². The number of halogens is 1. The smallest absolute Gasteiger partial charge is 0.328 e. The number of benzene rings is 1. The van der Waals surface area contributed by atoms with E-state index in [1.165, 1.54) is 77.6 Å². The fourth-order valence-corrected chi connectivity index (χ4v) is 6.10. The van der Waals surface area contributed by atoms with Crippen LogP contribution in [0.5, 0.6) is 0 Å². The number of nitrogens with one attached hydrogen (secondary N) is 1. The molecule has 0 saturated carbocycles. The first kappa shape index (κ1) is 32.3. The number of ether oxygens (including phenoxy) is 1. The molecule has 0 bridgehead atoms. The Kier molecular flexibility index (Phi) is 13.8. The van der Waals surface area contributed by atoms with Crippen molar-refractivity contribution in [1.82, 2.24) is 5.32 Å². The van der Waals surface area contributed by atoms with Gasteiger partial charge in [-0.15, -0.1) is 0 Å². The minimum atomic E-state index is -2.01. The van der Waals surface area contributed by atoms with Crippen molar-refractivity contribution in [2.45, 2.75) is 120 Å². The summed E-state index contributed by atoms with van der Waals surface area (Å²) in [6, 6.07) is 8.66. The summed E-state index contributed by atoms with van der Waals surface area (Å²) < 4.78 is 3.79. The quantitative estimate of drug-likeness (QED) is 0.0850. The SMILES string of the molecule is CCCCCCCCCCCCCCCCOC(=O)[C@]1(Br)[C@@H](c2ccccc2)[C@H](C(N)=O)C(=O)N[C@@]1(C)O. The molecular weight excluding hydrogens is 548 g/mol. The highest BCUT2D eigenvalue weighted by Crippen LogP contribution is 2.50. The molecule has 214 valence electrons. The second kappa shape index (κ2) is 16.2. The van der Waals surface area contributed by atoms with Crippen LogP contribution in [0.25, 0.3) is 0 Å². The maximum Gasteiger partial charge on any atom is 0.328 e. The number of piperidine rings is 1. The molecule has 1 heterocycles. The molecule has 0 aromatic heterocycles. The van der Waals surface area contributed by atoms with Crippen molar-refractivity contribution in [3.05, 3.63) is 35.9 Å². The van der Waals surface area contributed by atoms with Crippen LogP contribution in [-0.2, 0) is 19.1 Å². The number of rotatable bonds is 18. The topological polar surface area (TPSA) is 119 Å². The molecule has 1 aliphatic heterocycles. The van der Waals surface area contributed by atoms with E-state index in [1.807, 2.05) is 0 Å². The van der Waals surface area contributed by atoms with E-state index in [2.05, 4.69) is 28.2 Å². The molecule has 7 nitrogen and oxygen atoms in total. The number of alkyl halides is 1. The van der Waals surface area contributed by atoms with Crippen LogP contribution in [0.4, 0.5) is 0 Å². The van der Waals surface area contributed by atoms with E-state index in [9.17, 15) is 19.5 Å². The van der Waals surface area contributed by atoms with Crippen molar-refractivity contribution in [3.8, 4) is 0 Å². The average molecular weight is 596 g/mol. The lowest BCUT2D eigenvalue weighted by Crippen LogP contribution is -2.73. The van der Waals surface area contributed by atoms with Gasteiger partial charge in [0.1, 0.15) is 5.92 Å². The van der Waals surface area contributed by atoms with E-state index < -0.39 is 39.7 Å². The first-order valence-electron chi connectivity index (χ1n) is 14.4. The molecule has 1 aromatic carbocycles. The largest absolute Gasteiger partial charge is 0.464 e. The molecule has 0 unspecified atom stereocenters. The van der Waals surface area contributed by atoms with Gasteiger partial charge < -0.3 is 20.9 Å². The van der Waals surface area contributed by atoms with E-state index in [4.69, 9.17) is 10.5 Å². The predicted octanol–water partition coefficient (Wildman–Crippen LogP) is 5.87. The van der Waals surface area contributed by atoms with Gasteiger partial charge in [0.2, 0.25) is 11.8 Å². The lowest BCUT2D eigenvalue weighted by molar-refractivity contribution is -0.167. The van der Waals surface area contributed by atoms with Gasteiger partial charge in [-0.05, 0) is 18.9 Å². The molecule has 0 spiro atoms. The predicted molar refractivity (Wildman–Crippen MR) is 154 cm³/mol. The fraction of sp³-hybridized carbons (Fsp3) is 0.700. The molecule has 2 amide bonds. The second-order valence-electron chi connectivity index (χ2n) is 10.8. The van der Waals surface area contributed by atoms with Gasteiger partial charge in [-0.3, -0.25) is 14.4 Å². The van der Waals surface area contributed by atoms with Crippen LogP contribution in [0.15, 0.2) is 30.3 Å². The van der Waals surface area contributed by atoms with E-state index in [1.54, 1.807) is 30.3 Å². The molecule has 0 radical (unpaired) electrons. The van der Waals surface area contributed by atoms with Crippen molar-refractivity contribution in [2.24, 2.45) is 11.7 Å². The van der Waals surface area contributed by atoms with Crippen molar-refractivity contribution in [1.29, 1.82) is 0 Å². The number of hydrogen-bond donors (Lipinski definition) is 3. The van der Waals surface area contributed by atoms with Crippen molar-refractivity contribution in [3.63, 3.8) is 0 Å². The molecule has 4 atom stereocenters. The first-order valence-corrected chi connectivity index (χ1v) is 15.2. The summed E-state index contributed by atoms with van der Waals surface area (Å²) in [5.74, 6) is -4.75. The number of esters is 1. The number of nitrogens with two attached hydrogens (primary N) is 1. The van der Waals surface area contributed by atoms with Crippen LogP contribution >= 0.6 is 15.9 Å². The third kappa shape index (κ3) is 8.80. The molecule has 1 fully saturated rings. The van der Waals surface area contributed by atoms with Crippen molar-refractivity contribution < 1.29 is 24.2 Å². The lowest BCUT2D eigenvalue weighted by atomic mass is 9.68. The van der Waals surface area contributed by atoms with Crippen LogP contribution in [0, 0.1) is 5.92 Å². The van der Waals surface area contributed by atoms with Gasteiger partial charge in [0.15, 0.2) is 10.0 Å². The number of aliphatic hydroxyl groups is 1.